The van der Waals surface area contributed by atoms with Crippen LogP contribution >= 0.6 is 0 Å². The van der Waals surface area contributed by atoms with Gasteiger partial charge in [0.2, 0.25) is 0 Å². The molecule has 0 bridgehead atoms. The van der Waals surface area contributed by atoms with Crippen molar-refractivity contribution in [3.05, 3.63) is 23.8 Å². The molecule has 3 heteroatoms. The standard InChI is InChI=1S/C17H25NO2/c1-12-6-7-13(14(10-12)19-2)20-16-11-15(18)17(16)8-4-3-5-9-17/h6-7,10,15-16H,3-5,8-9,11,18H2,1-2H3. The number of ether oxygens (including phenoxy) is 2. The molecule has 2 aliphatic rings. The molecule has 3 rings (SSSR count). The van der Waals surface area contributed by atoms with Gasteiger partial charge < -0.3 is 15.2 Å². The molecule has 2 saturated carbocycles. The second-order valence-corrected chi connectivity index (χ2v) is 6.40. The Bertz CT molecular complexity index is 480. The summed E-state index contributed by atoms with van der Waals surface area (Å²) < 4.78 is 11.7. The van der Waals surface area contributed by atoms with Crippen molar-refractivity contribution in [1.82, 2.24) is 0 Å². The third-order valence-corrected chi connectivity index (χ3v) is 5.22. The molecule has 0 aliphatic heterocycles. The highest BCUT2D eigenvalue weighted by Gasteiger charge is 2.55. The highest BCUT2D eigenvalue weighted by atomic mass is 16.5. The number of rotatable bonds is 3. The predicted molar refractivity (Wildman–Crippen MR) is 80.3 cm³/mol. The van der Waals surface area contributed by atoms with Crippen LogP contribution in [0.1, 0.15) is 44.1 Å². The number of hydrogen-bond acceptors (Lipinski definition) is 3. The van der Waals surface area contributed by atoms with Gasteiger partial charge >= 0.3 is 0 Å². The van der Waals surface area contributed by atoms with Crippen molar-refractivity contribution in [3.63, 3.8) is 0 Å². The normalized spacial score (nSPS) is 27.9. The van der Waals surface area contributed by atoms with Crippen molar-refractivity contribution in [3.8, 4) is 11.5 Å². The Morgan fingerprint density at radius 1 is 1.15 bits per heavy atom. The van der Waals surface area contributed by atoms with E-state index < -0.39 is 0 Å². The van der Waals surface area contributed by atoms with Crippen LogP contribution in [-0.2, 0) is 0 Å². The minimum absolute atomic E-state index is 0.216. The summed E-state index contributed by atoms with van der Waals surface area (Å²) in [6.45, 7) is 2.06. The molecule has 1 aromatic rings. The summed E-state index contributed by atoms with van der Waals surface area (Å²) in [5.74, 6) is 1.69. The molecule has 1 aromatic carbocycles. The quantitative estimate of drug-likeness (QED) is 0.919. The second-order valence-electron chi connectivity index (χ2n) is 6.40. The molecule has 1 spiro atoms. The number of nitrogens with two attached hydrogens (primary N) is 1. The van der Waals surface area contributed by atoms with Gasteiger partial charge in [-0.2, -0.15) is 0 Å². The van der Waals surface area contributed by atoms with Crippen molar-refractivity contribution >= 4 is 0 Å². The van der Waals surface area contributed by atoms with Crippen molar-refractivity contribution < 1.29 is 9.47 Å². The van der Waals surface area contributed by atoms with Crippen molar-refractivity contribution in [2.45, 2.75) is 57.6 Å². The molecule has 2 aliphatic carbocycles. The first-order valence-electron chi connectivity index (χ1n) is 7.72. The molecule has 2 atom stereocenters. The first-order valence-corrected chi connectivity index (χ1v) is 7.72. The Morgan fingerprint density at radius 2 is 1.90 bits per heavy atom. The zero-order chi connectivity index (χ0) is 14.2. The third kappa shape index (κ3) is 2.18. The summed E-state index contributed by atoms with van der Waals surface area (Å²) in [6, 6.07) is 6.43. The molecule has 0 heterocycles. The Labute approximate surface area is 121 Å². The summed E-state index contributed by atoms with van der Waals surface area (Å²) >= 11 is 0. The van der Waals surface area contributed by atoms with Crippen LogP contribution in [0.5, 0.6) is 11.5 Å². The van der Waals surface area contributed by atoms with Crippen LogP contribution in [0.3, 0.4) is 0 Å². The van der Waals surface area contributed by atoms with E-state index in [1.54, 1.807) is 7.11 Å². The molecule has 2 fully saturated rings. The fraction of sp³-hybridized carbons (Fsp3) is 0.647. The average Bonchev–Trinajstić information content (AvgIpc) is 2.49. The maximum atomic E-state index is 6.32. The van der Waals surface area contributed by atoms with Crippen LogP contribution in [0.25, 0.3) is 0 Å². The molecule has 2 unspecified atom stereocenters. The zero-order valence-corrected chi connectivity index (χ0v) is 12.5. The van der Waals surface area contributed by atoms with Gasteiger partial charge in [-0.25, -0.2) is 0 Å². The summed E-state index contributed by atoms with van der Waals surface area (Å²) in [5.41, 5.74) is 7.72. The van der Waals surface area contributed by atoms with E-state index in [9.17, 15) is 0 Å². The molecule has 20 heavy (non-hydrogen) atoms. The minimum atomic E-state index is 0.216. The van der Waals surface area contributed by atoms with E-state index in [-0.39, 0.29) is 11.5 Å². The summed E-state index contributed by atoms with van der Waals surface area (Å²) in [5, 5.41) is 0. The van der Waals surface area contributed by atoms with Gasteiger partial charge in [-0.3, -0.25) is 0 Å². The Balaban J connectivity index is 1.78. The van der Waals surface area contributed by atoms with Crippen LogP contribution in [-0.4, -0.2) is 19.3 Å². The lowest BCUT2D eigenvalue weighted by Crippen LogP contribution is -2.64. The van der Waals surface area contributed by atoms with Crippen LogP contribution in [0.2, 0.25) is 0 Å². The van der Waals surface area contributed by atoms with Gasteiger partial charge in [-0.05, 0) is 37.5 Å². The lowest BCUT2D eigenvalue weighted by Gasteiger charge is -2.56. The fourth-order valence-corrected chi connectivity index (χ4v) is 3.87. The van der Waals surface area contributed by atoms with Crippen molar-refractivity contribution in [2.24, 2.45) is 11.1 Å². The summed E-state index contributed by atoms with van der Waals surface area (Å²) in [4.78, 5) is 0. The molecule has 2 N–H and O–H groups in total. The number of aryl methyl sites for hydroxylation is 1. The van der Waals surface area contributed by atoms with Crippen LogP contribution < -0.4 is 15.2 Å². The van der Waals surface area contributed by atoms with E-state index in [2.05, 4.69) is 13.0 Å². The molecular formula is C17H25NO2. The smallest absolute Gasteiger partial charge is 0.161 e. The van der Waals surface area contributed by atoms with Gasteiger partial charge in [-0.15, -0.1) is 0 Å². The van der Waals surface area contributed by atoms with E-state index in [0.29, 0.717) is 6.04 Å². The third-order valence-electron chi connectivity index (χ3n) is 5.22. The monoisotopic (exact) mass is 275 g/mol. The maximum Gasteiger partial charge on any atom is 0.161 e. The van der Waals surface area contributed by atoms with E-state index in [0.717, 1.165) is 17.9 Å². The summed E-state index contributed by atoms with van der Waals surface area (Å²) in [6.07, 6.45) is 7.58. The highest BCUT2D eigenvalue weighted by molar-refractivity contribution is 5.43. The average molecular weight is 275 g/mol. The van der Waals surface area contributed by atoms with E-state index in [1.165, 1.54) is 37.7 Å². The molecule has 0 radical (unpaired) electrons. The van der Waals surface area contributed by atoms with Crippen molar-refractivity contribution in [2.75, 3.05) is 7.11 Å². The van der Waals surface area contributed by atoms with Crippen LogP contribution in [0, 0.1) is 12.3 Å². The maximum absolute atomic E-state index is 6.32. The van der Waals surface area contributed by atoms with Gasteiger partial charge in [0.25, 0.3) is 0 Å². The van der Waals surface area contributed by atoms with Gasteiger partial charge in [0.05, 0.1) is 7.11 Å². The Kier molecular flexibility index (Phi) is 3.63. The zero-order valence-electron chi connectivity index (χ0n) is 12.5. The molecule has 0 amide bonds. The summed E-state index contributed by atoms with van der Waals surface area (Å²) in [7, 11) is 1.70. The Hall–Kier alpha value is -1.22. The predicted octanol–water partition coefficient (Wildman–Crippen LogP) is 3.43. The first kappa shape index (κ1) is 13.7. The molecule has 0 aromatic heterocycles. The number of methoxy groups -OCH3 is 1. The Morgan fingerprint density at radius 3 is 2.55 bits per heavy atom. The van der Waals surface area contributed by atoms with Crippen molar-refractivity contribution in [1.29, 1.82) is 0 Å². The molecule has 3 nitrogen and oxygen atoms in total. The number of hydrogen-bond donors (Lipinski definition) is 1. The van der Waals surface area contributed by atoms with E-state index in [1.807, 2.05) is 12.1 Å². The van der Waals surface area contributed by atoms with Gasteiger partial charge in [-0.1, -0.05) is 25.3 Å². The molecule has 110 valence electrons. The van der Waals surface area contributed by atoms with Crippen LogP contribution in [0.15, 0.2) is 18.2 Å². The number of benzene rings is 1. The lowest BCUT2D eigenvalue weighted by atomic mass is 9.55. The van der Waals surface area contributed by atoms with Crippen LogP contribution in [0.4, 0.5) is 0 Å². The SMILES string of the molecule is COc1cc(C)ccc1OC1CC(N)C12CCCCC2. The topological polar surface area (TPSA) is 44.5 Å². The molecule has 0 saturated heterocycles. The largest absolute Gasteiger partial charge is 0.493 e. The minimum Gasteiger partial charge on any atom is -0.493 e. The first-order chi connectivity index (χ1) is 9.65. The van der Waals surface area contributed by atoms with E-state index >= 15 is 0 Å². The lowest BCUT2D eigenvalue weighted by molar-refractivity contribution is -0.0905. The second kappa shape index (κ2) is 5.28. The van der Waals surface area contributed by atoms with Gasteiger partial charge in [0.15, 0.2) is 11.5 Å². The van der Waals surface area contributed by atoms with Gasteiger partial charge in [0.1, 0.15) is 6.10 Å². The molecular weight excluding hydrogens is 250 g/mol. The highest BCUT2D eigenvalue weighted by Crippen LogP contribution is 2.52. The fourth-order valence-electron chi connectivity index (χ4n) is 3.87. The van der Waals surface area contributed by atoms with E-state index in [4.69, 9.17) is 15.2 Å². The van der Waals surface area contributed by atoms with Gasteiger partial charge in [0, 0.05) is 17.9 Å².